The van der Waals surface area contributed by atoms with Crippen LogP contribution in [0.5, 0.6) is 0 Å². The highest BCUT2D eigenvalue weighted by Crippen LogP contribution is 2.44. The Morgan fingerprint density at radius 1 is 1.43 bits per heavy atom. The van der Waals surface area contributed by atoms with Gasteiger partial charge in [-0.3, -0.25) is 4.79 Å². The lowest BCUT2D eigenvalue weighted by Crippen LogP contribution is -2.37. The molecule has 0 aromatic carbocycles. The first kappa shape index (κ1) is 9.67. The number of carbonyl (C=O) groups excluding carboxylic acids is 1. The molecule has 1 saturated heterocycles. The van der Waals surface area contributed by atoms with E-state index in [4.69, 9.17) is 4.74 Å². The molecular formula is C11H15NO2. The molecule has 0 radical (unpaired) electrons. The Labute approximate surface area is 84.0 Å². The third-order valence-electron chi connectivity index (χ3n) is 3.58. The minimum absolute atomic E-state index is 0.00333. The van der Waals surface area contributed by atoms with E-state index in [1.807, 2.05) is 0 Å². The first-order valence-electron chi connectivity index (χ1n) is 5.30. The van der Waals surface area contributed by atoms with E-state index in [1.165, 1.54) is 0 Å². The molecule has 0 aromatic heterocycles. The van der Waals surface area contributed by atoms with Crippen molar-refractivity contribution < 1.29 is 9.53 Å². The van der Waals surface area contributed by atoms with Crippen LogP contribution in [0.2, 0.25) is 0 Å². The van der Waals surface area contributed by atoms with E-state index >= 15 is 0 Å². The summed E-state index contributed by atoms with van der Waals surface area (Å²) in [5.74, 6) is 0.296. The van der Waals surface area contributed by atoms with Crippen molar-refractivity contribution in [2.45, 2.75) is 32.1 Å². The van der Waals surface area contributed by atoms with Crippen LogP contribution in [0.4, 0.5) is 0 Å². The van der Waals surface area contributed by atoms with E-state index in [2.05, 4.69) is 6.07 Å². The van der Waals surface area contributed by atoms with E-state index < -0.39 is 5.41 Å². The topological polar surface area (TPSA) is 50.1 Å². The second-order valence-electron chi connectivity index (χ2n) is 4.29. The lowest BCUT2D eigenvalue weighted by molar-refractivity contribution is -0.125. The number of ether oxygens (including phenoxy) is 1. The Morgan fingerprint density at radius 2 is 2.14 bits per heavy atom. The zero-order valence-corrected chi connectivity index (χ0v) is 8.29. The number of hydrogen-bond acceptors (Lipinski definition) is 3. The summed E-state index contributed by atoms with van der Waals surface area (Å²) < 4.78 is 5.26. The van der Waals surface area contributed by atoms with E-state index in [0.717, 1.165) is 25.7 Å². The highest BCUT2D eigenvalue weighted by Gasteiger charge is 2.45. The molecule has 14 heavy (non-hydrogen) atoms. The lowest BCUT2D eigenvalue weighted by Gasteiger charge is -2.34. The van der Waals surface area contributed by atoms with Gasteiger partial charge in [0.2, 0.25) is 0 Å². The Balaban J connectivity index is 2.18. The summed E-state index contributed by atoms with van der Waals surface area (Å²) in [4.78, 5) is 11.6. The Bertz CT molecular complexity index is 274. The molecule has 0 amide bonds. The summed E-state index contributed by atoms with van der Waals surface area (Å²) in [5, 5.41) is 9.26. The van der Waals surface area contributed by atoms with Crippen LogP contribution in [-0.4, -0.2) is 19.0 Å². The van der Waals surface area contributed by atoms with Gasteiger partial charge in [0.1, 0.15) is 5.78 Å². The summed E-state index contributed by atoms with van der Waals surface area (Å²) in [6, 6.07) is 2.39. The second-order valence-corrected chi connectivity index (χ2v) is 4.29. The van der Waals surface area contributed by atoms with Gasteiger partial charge >= 0.3 is 0 Å². The fourth-order valence-electron chi connectivity index (χ4n) is 2.67. The molecule has 1 atom stereocenters. The highest BCUT2D eigenvalue weighted by molar-refractivity contribution is 5.84. The van der Waals surface area contributed by atoms with Gasteiger partial charge in [-0.15, -0.1) is 0 Å². The zero-order chi connectivity index (χ0) is 10.0. The summed E-state index contributed by atoms with van der Waals surface area (Å²) in [6.45, 7) is 1.27. The van der Waals surface area contributed by atoms with Crippen LogP contribution in [0, 0.1) is 22.7 Å². The normalized spacial score (nSPS) is 31.4. The summed E-state index contributed by atoms with van der Waals surface area (Å²) in [6.07, 6.45) is 4.02. The molecule has 2 rings (SSSR count). The van der Waals surface area contributed by atoms with Gasteiger partial charge in [-0.1, -0.05) is 0 Å². The van der Waals surface area contributed by atoms with Gasteiger partial charge in [0.25, 0.3) is 0 Å². The molecule has 2 fully saturated rings. The molecule has 1 saturated carbocycles. The predicted octanol–water partition coefficient (Wildman–Crippen LogP) is 1.68. The molecule has 0 aromatic rings. The van der Waals surface area contributed by atoms with Gasteiger partial charge in [0.05, 0.1) is 11.5 Å². The Kier molecular flexibility index (Phi) is 2.56. The van der Waals surface area contributed by atoms with Crippen molar-refractivity contribution in [3.8, 4) is 6.07 Å². The molecule has 1 aliphatic carbocycles. The summed E-state index contributed by atoms with van der Waals surface area (Å²) >= 11 is 0. The SMILES string of the molecule is N#CC1(C2CCCC2=O)CCOCC1. The van der Waals surface area contributed by atoms with E-state index in [9.17, 15) is 10.1 Å². The number of hydrogen-bond donors (Lipinski definition) is 0. The van der Waals surface area contributed by atoms with Crippen molar-refractivity contribution in [3.05, 3.63) is 0 Å². The first-order chi connectivity index (χ1) is 6.78. The molecule has 2 aliphatic rings. The molecule has 3 heteroatoms. The molecule has 1 unspecified atom stereocenters. The van der Waals surface area contributed by atoms with Crippen LogP contribution < -0.4 is 0 Å². The molecule has 1 aliphatic heterocycles. The van der Waals surface area contributed by atoms with E-state index in [1.54, 1.807) is 0 Å². The minimum atomic E-state index is -0.397. The van der Waals surface area contributed by atoms with Crippen LogP contribution in [0.3, 0.4) is 0 Å². The highest BCUT2D eigenvalue weighted by atomic mass is 16.5. The fraction of sp³-hybridized carbons (Fsp3) is 0.818. The van der Waals surface area contributed by atoms with Crippen LogP contribution in [0.1, 0.15) is 32.1 Å². The van der Waals surface area contributed by atoms with Crippen LogP contribution in [0.15, 0.2) is 0 Å². The third kappa shape index (κ3) is 1.44. The zero-order valence-electron chi connectivity index (χ0n) is 8.29. The fourth-order valence-corrected chi connectivity index (χ4v) is 2.67. The van der Waals surface area contributed by atoms with Gasteiger partial charge in [-0.05, 0) is 25.7 Å². The van der Waals surface area contributed by atoms with Crippen molar-refractivity contribution in [1.29, 1.82) is 5.26 Å². The standard InChI is InChI=1S/C11H15NO2/c12-8-11(4-6-14-7-5-11)9-2-1-3-10(9)13/h9H,1-7H2. The molecule has 0 N–H and O–H groups in total. The number of ketones is 1. The number of nitriles is 1. The average Bonchev–Trinajstić information content (AvgIpc) is 2.66. The second kappa shape index (κ2) is 3.70. The maximum Gasteiger partial charge on any atom is 0.137 e. The number of nitrogens with zero attached hydrogens (tertiary/aromatic N) is 1. The van der Waals surface area contributed by atoms with Crippen LogP contribution in [-0.2, 0) is 9.53 Å². The molecule has 0 spiro atoms. The van der Waals surface area contributed by atoms with Gasteiger partial charge in [-0.25, -0.2) is 0 Å². The third-order valence-corrected chi connectivity index (χ3v) is 3.58. The number of rotatable bonds is 1. The molecule has 0 bridgehead atoms. The predicted molar refractivity (Wildman–Crippen MR) is 50.4 cm³/mol. The largest absolute Gasteiger partial charge is 0.381 e. The summed E-state index contributed by atoms with van der Waals surface area (Å²) in [5.41, 5.74) is -0.397. The number of carbonyl (C=O) groups is 1. The van der Waals surface area contributed by atoms with E-state index in [0.29, 0.717) is 25.4 Å². The maximum absolute atomic E-state index is 11.6. The minimum Gasteiger partial charge on any atom is -0.381 e. The van der Waals surface area contributed by atoms with Gasteiger partial charge in [-0.2, -0.15) is 5.26 Å². The Morgan fingerprint density at radius 3 is 2.64 bits per heavy atom. The summed E-state index contributed by atoms with van der Waals surface area (Å²) in [7, 11) is 0. The average molecular weight is 193 g/mol. The van der Waals surface area contributed by atoms with Crippen molar-refractivity contribution in [1.82, 2.24) is 0 Å². The first-order valence-corrected chi connectivity index (χ1v) is 5.30. The maximum atomic E-state index is 11.6. The van der Waals surface area contributed by atoms with Crippen LogP contribution in [0.25, 0.3) is 0 Å². The van der Waals surface area contributed by atoms with E-state index in [-0.39, 0.29) is 5.92 Å². The molecular weight excluding hydrogens is 178 g/mol. The quantitative estimate of drug-likeness (QED) is 0.636. The van der Waals surface area contributed by atoms with Crippen molar-refractivity contribution >= 4 is 5.78 Å². The van der Waals surface area contributed by atoms with Gasteiger partial charge in [0.15, 0.2) is 0 Å². The Hall–Kier alpha value is -0.880. The molecule has 76 valence electrons. The van der Waals surface area contributed by atoms with Gasteiger partial charge < -0.3 is 4.74 Å². The molecule has 1 heterocycles. The van der Waals surface area contributed by atoms with Gasteiger partial charge in [0, 0.05) is 25.6 Å². The lowest BCUT2D eigenvalue weighted by atomic mass is 9.70. The monoisotopic (exact) mass is 193 g/mol. The smallest absolute Gasteiger partial charge is 0.137 e. The van der Waals surface area contributed by atoms with Crippen molar-refractivity contribution in [3.63, 3.8) is 0 Å². The van der Waals surface area contributed by atoms with Crippen molar-refractivity contribution in [2.75, 3.05) is 13.2 Å². The van der Waals surface area contributed by atoms with Crippen LogP contribution >= 0.6 is 0 Å². The molecule has 3 nitrogen and oxygen atoms in total. The van der Waals surface area contributed by atoms with Crippen molar-refractivity contribution in [2.24, 2.45) is 11.3 Å². The number of Topliss-reactive ketones (excluding diaryl/α,β-unsaturated/α-hetero) is 1.